The normalized spacial score (nSPS) is 22.1. The average molecular weight is 261 g/mol. The van der Waals surface area contributed by atoms with Crippen LogP contribution in [0.3, 0.4) is 0 Å². The van der Waals surface area contributed by atoms with Crippen LogP contribution < -0.4 is 0 Å². The number of hydrogen-bond donors (Lipinski definition) is 1. The smallest absolute Gasteiger partial charge is 0.223 e. The molecule has 104 valence electrons. The molecule has 1 amide bonds. The molecule has 0 unspecified atom stereocenters. The fourth-order valence-corrected chi connectivity index (χ4v) is 2.77. The van der Waals surface area contributed by atoms with Crippen LogP contribution in [0.25, 0.3) is 0 Å². The van der Waals surface area contributed by atoms with Gasteiger partial charge in [-0.2, -0.15) is 0 Å². The molecule has 1 aromatic rings. The fraction of sp³-hybridized carbons (Fsp3) is 0.562. The maximum absolute atomic E-state index is 12.3. The van der Waals surface area contributed by atoms with E-state index < -0.39 is 0 Å². The molecular formula is C16H23NO2. The molecule has 19 heavy (non-hydrogen) atoms. The van der Waals surface area contributed by atoms with E-state index in [1.165, 1.54) is 0 Å². The highest BCUT2D eigenvalue weighted by molar-refractivity contribution is 5.77. The van der Waals surface area contributed by atoms with E-state index in [0.29, 0.717) is 18.8 Å². The summed E-state index contributed by atoms with van der Waals surface area (Å²) in [4.78, 5) is 14.3. The number of amides is 1. The lowest BCUT2D eigenvalue weighted by molar-refractivity contribution is -0.133. The molecule has 3 heteroatoms. The Morgan fingerprint density at radius 2 is 2.05 bits per heavy atom. The highest BCUT2D eigenvalue weighted by Gasteiger charge is 2.27. The van der Waals surface area contributed by atoms with Gasteiger partial charge < -0.3 is 10.0 Å². The Hall–Kier alpha value is -1.35. The van der Waals surface area contributed by atoms with E-state index in [1.54, 1.807) is 0 Å². The molecule has 0 spiro atoms. The lowest BCUT2D eigenvalue weighted by atomic mass is 10.0. The molecule has 1 N–H and O–H groups in total. The Morgan fingerprint density at radius 1 is 1.32 bits per heavy atom. The minimum atomic E-state index is 0.0176. The minimum Gasteiger partial charge on any atom is -0.396 e. The Morgan fingerprint density at radius 3 is 2.74 bits per heavy atom. The number of hydrogen-bond acceptors (Lipinski definition) is 2. The second-order valence-electron chi connectivity index (χ2n) is 5.46. The first kappa shape index (κ1) is 14.1. The minimum absolute atomic E-state index is 0.0176. The van der Waals surface area contributed by atoms with Crippen LogP contribution in [0, 0.1) is 5.92 Å². The first-order chi connectivity index (χ1) is 9.22. The summed E-state index contributed by atoms with van der Waals surface area (Å²) in [5, 5.41) is 9.30. The van der Waals surface area contributed by atoms with Crippen LogP contribution in [-0.2, 0) is 4.79 Å². The Balaban J connectivity index is 2.20. The van der Waals surface area contributed by atoms with E-state index in [4.69, 9.17) is 0 Å². The van der Waals surface area contributed by atoms with Gasteiger partial charge in [0, 0.05) is 19.6 Å². The van der Waals surface area contributed by atoms with Gasteiger partial charge in [0.25, 0.3) is 0 Å². The Bertz CT molecular complexity index is 404. The first-order valence-corrected chi connectivity index (χ1v) is 7.17. The predicted molar refractivity (Wildman–Crippen MR) is 75.6 cm³/mol. The Labute approximate surface area is 115 Å². The summed E-state index contributed by atoms with van der Waals surface area (Å²) in [6.07, 6.45) is 3.29. The molecule has 1 fully saturated rings. The van der Waals surface area contributed by atoms with Crippen LogP contribution in [-0.4, -0.2) is 29.1 Å². The van der Waals surface area contributed by atoms with Crippen molar-refractivity contribution in [2.45, 2.75) is 38.6 Å². The van der Waals surface area contributed by atoms with Crippen molar-refractivity contribution < 1.29 is 9.90 Å². The zero-order valence-electron chi connectivity index (χ0n) is 11.6. The van der Waals surface area contributed by atoms with Crippen molar-refractivity contribution >= 4 is 5.91 Å². The molecule has 0 saturated carbocycles. The second kappa shape index (κ2) is 6.71. The quantitative estimate of drug-likeness (QED) is 0.905. The van der Waals surface area contributed by atoms with Gasteiger partial charge in [0.1, 0.15) is 0 Å². The van der Waals surface area contributed by atoms with Gasteiger partial charge >= 0.3 is 0 Å². The van der Waals surface area contributed by atoms with Crippen molar-refractivity contribution in [2.24, 2.45) is 5.92 Å². The third kappa shape index (κ3) is 3.57. The van der Waals surface area contributed by atoms with Crippen molar-refractivity contribution in [1.82, 2.24) is 4.90 Å². The largest absolute Gasteiger partial charge is 0.396 e. The van der Waals surface area contributed by atoms with E-state index in [0.717, 1.165) is 24.9 Å². The molecular weight excluding hydrogens is 238 g/mol. The molecule has 0 aliphatic carbocycles. The highest BCUT2D eigenvalue weighted by atomic mass is 16.3. The second-order valence-corrected chi connectivity index (χ2v) is 5.46. The molecule has 0 aromatic heterocycles. The number of benzene rings is 1. The Kier molecular flexibility index (Phi) is 4.97. The van der Waals surface area contributed by atoms with Gasteiger partial charge in [-0.1, -0.05) is 37.3 Å². The summed E-state index contributed by atoms with van der Waals surface area (Å²) in [5.74, 6) is 0.839. The molecule has 0 radical (unpaired) electrons. The van der Waals surface area contributed by atoms with Gasteiger partial charge in [-0.15, -0.1) is 0 Å². The van der Waals surface area contributed by atoms with Gasteiger partial charge in [-0.05, 0) is 30.7 Å². The maximum atomic E-state index is 12.3. The summed E-state index contributed by atoms with van der Waals surface area (Å²) < 4.78 is 0. The lowest BCUT2D eigenvalue weighted by Gasteiger charge is -2.31. The van der Waals surface area contributed by atoms with Gasteiger partial charge in [0.2, 0.25) is 5.91 Å². The van der Waals surface area contributed by atoms with Crippen LogP contribution in [0.2, 0.25) is 0 Å². The number of nitrogens with zero attached hydrogens (tertiary/aromatic N) is 1. The standard InChI is InChI=1S/C16H23NO2/c1-13-7-8-16(19)17(11-9-13)15(10-12-18)14-5-3-2-4-6-14/h2-6,13,15,18H,7-12H2,1H3/t13-,15+/m1/s1. The number of rotatable bonds is 4. The summed E-state index contributed by atoms with van der Waals surface area (Å²) in [6, 6.07) is 10.1. The molecule has 3 nitrogen and oxygen atoms in total. The topological polar surface area (TPSA) is 40.5 Å². The van der Waals surface area contributed by atoms with Crippen LogP contribution in [0.1, 0.15) is 44.2 Å². The first-order valence-electron chi connectivity index (χ1n) is 7.17. The number of aliphatic hydroxyl groups is 1. The monoisotopic (exact) mass is 261 g/mol. The van der Waals surface area contributed by atoms with Crippen molar-refractivity contribution in [3.05, 3.63) is 35.9 Å². The van der Waals surface area contributed by atoms with E-state index in [9.17, 15) is 9.90 Å². The molecule has 1 heterocycles. The van der Waals surface area contributed by atoms with Gasteiger partial charge in [-0.3, -0.25) is 4.79 Å². The number of carbonyl (C=O) groups excluding carboxylic acids is 1. The molecule has 1 saturated heterocycles. The molecule has 1 aromatic carbocycles. The van der Waals surface area contributed by atoms with Crippen LogP contribution in [0.4, 0.5) is 0 Å². The number of likely N-dealkylation sites (tertiary alicyclic amines) is 1. The van der Waals surface area contributed by atoms with Gasteiger partial charge in [0.05, 0.1) is 6.04 Å². The van der Waals surface area contributed by atoms with Crippen molar-refractivity contribution in [2.75, 3.05) is 13.2 Å². The number of aliphatic hydroxyl groups excluding tert-OH is 1. The molecule has 1 aliphatic rings. The summed E-state index contributed by atoms with van der Waals surface area (Å²) in [7, 11) is 0. The van der Waals surface area contributed by atoms with Gasteiger partial charge in [-0.25, -0.2) is 0 Å². The predicted octanol–water partition coefficient (Wildman–Crippen LogP) is 2.76. The van der Waals surface area contributed by atoms with E-state index in [2.05, 4.69) is 6.92 Å². The molecule has 2 rings (SSSR count). The zero-order valence-corrected chi connectivity index (χ0v) is 11.6. The van der Waals surface area contributed by atoms with E-state index in [-0.39, 0.29) is 18.6 Å². The summed E-state index contributed by atoms with van der Waals surface area (Å²) >= 11 is 0. The van der Waals surface area contributed by atoms with Crippen molar-refractivity contribution in [1.29, 1.82) is 0 Å². The summed E-state index contributed by atoms with van der Waals surface area (Å²) in [6.45, 7) is 3.12. The van der Waals surface area contributed by atoms with E-state index in [1.807, 2.05) is 35.2 Å². The van der Waals surface area contributed by atoms with Crippen molar-refractivity contribution in [3.63, 3.8) is 0 Å². The van der Waals surface area contributed by atoms with Crippen molar-refractivity contribution in [3.8, 4) is 0 Å². The molecule has 2 atom stereocenters. The lowest BCUT2D eigenvalue weighted by Crippen LogP contribution is -2.35. The SMILES string of the molecule is C[C@@H]1CCC(=O)N([C@@H](CCO)c2ccccc2)CC1. The fourth-order valence-electron chi connectivity index (χ4n) is 2.77. The van der Waals surface area contributed by atoms with Gasteiger partial charge in [0.15, 0.2) is 0 Å². The molecule has 1 aliphatic heterocycles. The highest BCUT2D eigenvalue weighted by Crippen LogP contribution is 2.29. The molecule has 0 bridgehead atoms. The maximum Gasteiger partial charge on any atom is 0.223 e. The van der Waals surface area contributed by atoms with Crippen LogP contribution in [0.5, 0.6) is 0 Å². The third-order valence-electron chi connectivity index (χ3n) is 4.00. The van der Waals surface area contributed by atoms with Crippen LogP contribution in [0.15, 0.2) is 30.3 Å². The number of carbonyl (C=O) groups is 1. The average Bonchev–Trinajstić information content (AvgIpc) is 2.60. The third-order valence-corrected chi connectivity index (χ3v) is 4.00. The summed E-state index contributed by atoms with van der Waals surface area (Å²) in [5.41, 5.74) is 1.12. The van der Waals surface area contributed by atoms with E-state index >= 15 is 0 Å². The zero-order chi connectivity index (χ0) is 13.7. The van der Waals surface area contributed by atoms with Crippen LogP contribution >= 0.6 is 0 Å².